The monoisotopic (exact) mass is 505 g/mol. The number of oxazole rings is 1. The number of hydrogen-bond acceptors (Lipinski definition) is 7. The van der Waals surface area contributed by atoms with Crippen molar-refractivity contribution in [3.8, 4) is 17.5 Å². The van der Waals surface area contributed by atoms with Crippen LogP contribution in [0.25, 0.3) is 11.5 Å². The molecule has 0 saturated carbocycles. The van der Waals surface area contributed by atoms with E-state index in [0.717, 1.165) is 45.6 Å². The molecule has 0 aliphatic carbocycles. The third-order valence-corrected chi connectivity index (χ3v) is 8.86. The Morgan fingerprint density at radius 3 is 2.42 bits per heavy atom. The summed E-state index contributed by atoms with van der Waals surface area (Å²) in [7, 11) is -3.53. The summed E-state index contributed by atoms with van der Waals surface area (Å²) in [5, 5.41) is 9.68. The molecule has 1 atom stereocenters. The maximum absolute atomic E-state index is 13.1. The molecule has 0 unspecified atom stereocenters. The molecule has 3 aromatic rings. The van der Waals surface area contributed by atoms with Gasteiger partial charge in [0.05, 0.1) is 4.90 Å². The number of aromatic nitrogens is 1. The van der Waals surface area contributed by atoms with Crippen LogP contribution in [0.5, 0.6) is 0 Å². The van der Waals surface area contributed by atoms with E-state index in [2.05, 4.69) is 52.0 Å². The van der Waals surface area contributed by atoms with Crippen LogP contribution in [-0.4, -0.2) is 61.9 Å². The molecule has 2 aliphatic rings. The van der Waals surface area contributed by atoms with Gasteiger partial charge in [-0.1, -0.05) is 37.3 Å². The number of sulfonamides is 1. The van der Waals surface area contributed by atoms with E-state index in [4.69, 9.17) is 4.42 Å². The summed E-state index contributed by atoms with van der Waals surface area (Å²) < 4.78 is 33.8. The van der Waals surface area contributed by atoms with E-state index in [1.54, 1.807) is 28.6 Å². The molecule has 2 aliphatic heterocycles. The number of hydrogen-bond donors (Lipinski definition) is 0. The lowest BCUT2D eigenvalue weighted by Gasteiger charge is -2.34. The Hall–Kier alpha value is -3.19. The van der Waals surface area contributed by atoms with Gasteiger partial charge in [-0.05, 0) is 48.6 Å². The van der Waals surface area contributed by atoms with Crippen LogP contribution in [0.15, 0.2) is 63.9 Å². The molecule has 5 rings (SSSR count). The molecule has 0 N–H and O–H groups in total. The van der Waals surface area contributed by atoms with E-state index in [0.29, 0.717) is 36.3 Å². The molecule has 2 aromatic carbocycles. The van der Waals surface area contributed by atoms with Gasteiger partial charge < -0.3 is 9.32 Å². The third kappa shape index (κ3) is 5.16. The average Bonchev–Trinajstić information content (AvgIpc) is 3.34. The average molecular weight is 506 g/mol. The van der Waals surface area contributed by atoms with Crippen LogP contribution < -0.4 is 4.90 Å². The minimum Gasteiger partial charge on any atom is -0.419 e. The largest absolute Gasteiger partial charge is 0.419 e. The fraction of sp³-hybridized carbons (Fsp3) is 0.407. The van der Waals surface area contributed by atoms with Gasteiger partial charge in [-0.15, -0.1) is 0 Å². The first-order valence-electron chi connectivity index (χ1n) is 12.5. The van der Waals surface area contributed by atoms with E-state index in [-0.39, 0.29) is 10.6 Å². The zero-order valence-electron chi connectivity index (χ0n) is 20.5. The van der Waals surface area contributed by atoms with Crippen LogP contribution >= 0.6 is 0 Å². The van der Waals surface area contributed by atoms with E-state index >= 15 is 0 Å². The molecule has 9 heteroatoms. The topological polar surface area (TPSA) is 93.7 Å². The predicted octanol–water partition coefficient (Wildman–Crippen LogP) is 3.96. The zero-order valence-corrected chi connectivity index (χ0v) is 21.3. The van der Waals surface area contributed by atoms with Crippen molar-refractivity contribution < 1.29 is 12.8 Å². The second-order valence-electron chi connectivity index (χ2n) is 9.67. The summed E-state index contributed by atoms with van der Waals surface area (Å²) in [6, 6.07) is 19.1. The number of anilines is 1. The molecular formula is C27H31N5O3S. The first-order chi connectivity index (χ1) is 17.4. The van der Waals surface area contributed by atoms with Crippen molar-refractivity contribution in [2.75, 3.05) is 44.2 Å². The highest BCUT2D eigenvalue weighted by Crippen LogP contribution is 2.30. The van der Waals surface area contributed by atoms with E-state index in [1.165, 1.54) is 5.56 Å². The molecule has 2 fully saturated rings. The van der Waals surface area contributed by atoms with Crippen LogP contribution in [0.2, 0.25) is 0 Å². The summed E-state index contributed by atoms with van der Waals surface area (Å²) >= 11 is 0. The summed E-state index contributed by atoms with van der Waals surface area (Å²) in [5.41, 5.74) is 2.18. The van der Waals surface area contributed by atoms with Gasteiger partial charge >= 0.3 is 0 Å². The normalized spacial score (nSPS) is 19.8. The maximum Gasteiger partial charge on any atom is 0.243 e. The Morgan fingerprint density at radius 2 is 1.75 bits per heavy atom. The van der Waals surface area contributed by atoms with Crippen molar-refractivity contribution in [1.29, 1.82) is 5.26 Å². The lowest BCUT2D eigenvalue weighted by Crippen LogP contribution is -2.46. The van der Waals surface area contributed by atoms with E-state index < -0.39 is 10.0 Å². The number of piperazine rings is 1. The summed E-state index contributed by atoms with van der Waals surface area (Å²) in [6.07, 6.45) is 1.94. The van der Waals surface area contributed by atoms with Gasteiger partial charge in [-0.25, -0.2) is 8.42 Å². The number of nitrogens with zero attached hydrogens (tertiary/aromatic N) is 5. The van der Waals surface area contributed by atoms with Crippen molar-refractivity contribution in [2.45, 2.75) is 31.2 Å². The Labute approximate surface area is 212 Å². The molecule has 36 heavy (non-hydrogen) atoms. The van der Waals surface area contributed by atoms with Crippen LogP contribution in [0.1, 0.15) is 31.0 Å². The van der Waals surface area contributed by atoms with Gasteiger partial charge in [0, 0.05) is 51.4 Å². The molecule has 8 nitrogen and oxygen atoms in total. The lowest BCUT2D eigenvalue weighted by molar-refractivity contribution is 0.246. The zero-order chi connectivity index (χ0) is 25.1. The standard InChI is InChI=1S/C27H31N5O3S/c1-21-6-5-13-32(19-21)36(33,34)24-11-9-23(10-12-24)26-29-25(18-28)27(35-26)31-16-14-30(15-17-31)20-22-7-3-2-4-8-22/h2-4,7-12,21H,5-6,13-17,19-20H2,1H3/t21-/m1/s1. The van der Waals surface area contributed by atoms with Gasteiger partial charge in [-0.3, -0.25) is 4.90 Å². The molecule has 0 bridgehead atoms. The fourth-order valence-electron chi connectivity index (χ4n) is 4.96. The van der Waals surface area contributed by atoms with Crippen LogP contribution in [0, 0.1) is 17.2 Å². The van der Waals surface area contributed by atoms with Gasteiger partial charge in [0.1, 0.15) is 6.07 Å². The second-order valence-corrected chi connectivity index (χ2v) is 11.6. The fourth-order valence-corrected chi connectivity index (χ4v) is 6.55. The Bertz CT molecular complexity index is 1320. The molecule has 0 amide bonds. The maximum atomic E-state index is 13.1. The van der Waals surface area contributed by atoms with Crippen LogP contribution in [-0.2, 0) is 16.6 Å². The summed E-state index contributed by atoms with van der Waals surface area (Å²) in [5.74, 6) is 1.16. The number of nitriles is 1. The smallest absolute Gasteiger partial charge is 0.243 e. The third-order valence-electron chi connectivity index (χ3n) is 6.98. The highest BCUT2D eigenvalue weighted by molar-refractivity contribution is 7.89. The Kier molecular flexibility index (Phi) is 7.10. The number of rotatable bonds is 6. The first kappa shape index (κ1) is 24.5. The number of benzene rings is 2. The molecule has 2 saturated heterocycles. The molecule has 3 heterocycles. The molecule has 1 aromatic heterocycles. The van der Waals surface area contributed by atoms with E-state index in [1.807, 2.05) is 6.07 Å². The molecule has 0 radical (unpaired) electrons. The van der Waals surface area contributed by atoms with Gasteiger partial charge in [0.15, 0.2) is 0 Å². The number of piperidine rings is 1. The van der Waals surface area contributed by atoms with Crippen molar-refractivity contribution >= 4 is 15.9 Å². The van der Waals surface area contributed by atoms with Crippen molar-refractivity contribution in [3.05, 3.63) is 65.9 Å². The molecule has 188 valence electrons. The Balaban J connectivity index is 1.28. The first-order valence-corrected chi connectivity index (χ1v) is 13.9. The second kappa shape index (κ2) is 10.4. The van der Waals surface area contributed by atoms with Crippen molar-refractivity contribution in [2.24, 2.45) is 5.92 Å². The SMILES string of the molecule is C[C@@H]1CCCN(S(=O)(=O)c2ccc(-c3nc(C#N)c(N4CCN(Cc5ccccc5)CC4)o3)cc2)C1. The molecule has 0 spiro atoms. The Morgan fingerprint density at radius 1 is 1.03 bits per heavy atom. The predicted molar refractivity (Wildman–Crippen MR) is 138 cm³/mol. The van der Waals surface area contributed by atoms with Gasteiger partial charge in [0.25, 0.3) is 0 Å². The van der Waals surface area contributed by atoms with E-state index in [9.17, 15) is 13.7 Å². The quantitative estimate of drug-likeness (QED) is 0.501. The minimum absolute atomic E-state index is 0.250. The summed E-state index contributed by atoms with van der Waals surface area (Å²) in [6.45, 7) is 7.28. The van der Waals surface area contributed by atoms with Crippen LogP contribution in [0.3, 0.4) is 0 Å². The summed E-state index contributed by atoms with van der Waals surface area (Å²) in [4.78, 5) is 9.12. The van der Waals surface area contributed by atoms with Crippen molar-refractivity contribution in [3.63, 3.8) is 0 Å². The highest BCUT2D eigenvalue weighted by atomic mass is 32.2. The highest BCUT2D eigenvalue weighted by Gasteiger charge is 2.29. The van der Waals surface area contributed by atoms with Gasteiger partial charge in [-0.2, -0.15) is 14.6 Å². The van der Waals surface area contributed by atoms with Crippen molar-refractivity contribution in [1.82, 2.24) is 14.2 Å². The minimum atomic E-state index is -3.53. The van der Waals surface area contributed by atoms with Gasteiger partial charge in [0.2, 0.25) is 27.5 Å². The van der Waals surface area contributed by atoms with Crippen LogP contribution in [0.4, 0.5) is 5.88 Å². The lowest BCUT2D eigenvalue weighted by atomic mass is 10.0. The molecular weight excluding hydrogens is 474 g/mol.